The van der Waals surface area contributed by atoms with Crippen molar-refractivity contribution < 1.29 is 4.79 Å². The van der Waals surface area contributed by atoms with Gasteiger partial charge in [-0.3, -0.25) is 9.69 Å². The summed E-state index contributed by atoms with van der Waals surface area (Å²) in [7, 11) is 0. The van der Waals surface area contributed by atoms with E-state index in [1.54, 1.807) is 11.0 Å². The fourth-order valence-electron chi connectivity index (χ4n) is 1.82. The summed E-state index contributed by atoms with van der Waals surface area (Å²) in [5.41, 5.74) is 1.61. The first-order valence-corrected chi connectivity index (χ1v) is 8.07. The second-order valence-electron chi connectivity index (χ2n) is 4.34. The highest BCUT2D eigenvalue weighted by molar-refractivity contribution is 7.14. The quantitative estimate of drug-likeness (QED) is 0.872. The number of halogens is 2. The third-order valence-corrected chi connectivity index (χ3v) is 4.61. The molecule has 112 valence electrons. The molecule has 7 heteroatoms. The molecular weight excluding hydrogens is 329 g/mol. The van der Waals surface area contributed by atoms with Crippen LogP contribution in [0.2, 0.25) is 10.0 Å². The molecule has 0 spiro atoms. The summed E-state index contributed by atoms with van der Waals surface area (Å²) < 4.78 is 0. The van der Waals surface area contributed by atoms with Gasteiger partial charge in [0.2, 0.25) is 5.91 Å². The Morgan fingerprint density at radius 3 is 2.86 bits per heavy atom. The summed E-state index contributed by atoms with van der Waals surface area (Å²) in [6.07, 6.45) is 0. The largest absolute Gasteiger partial charge is 0.378 e. The van der Waals surface area contributed by atoms with Crippen molar-refractivity contribution in [1.82, 2.24) is 4.98 Å². The van der Waals surface area contributed by atoms with E-state index in [0.717, 1.165) is 11.4 Å². The maximum Gasteiger partial charge on any atom is 0.225 e. The topological polar surface area (TPSA) is 45.2 Å². The molecule has 0 saturated heterocycles. The number of anilines is 2. The van der Waals surface area contributed by atoms with E-state index in [1.807, 2.05) is 24.4 Å². The number of hydrogen-bond acceptors (Lipinski definition) is 4. The van der Waals surface area contributed by atoms with Gasteiger partial charge in [-0.1, -0.05) is 29.3 Å². The van der Waals surface area contributed by atoms with Crippen LogP contribution in [0.3, 0.4) is 0 Å². The van der Waals surface area contributed by atoms with Gasteiger partial charge in [0.05, 0.1) is 28.0 Å². The first-order valence-electron chi connectivity index (χ1n) is 6.43. The molecule has 2 aromatic rings. The lowest BCUT2D eigenvalue weighted by Gasteiger charge is -2.14. The number of carbonyl (C=O) groups is 1. The van der Waals surface area contributed by atoms with Crippen LogP contribution >= 0.6 is 34.5 Å². The lowest BCUT2D eigenvalue weighted by molar-refractivity contribution is -0.116. The summed E-state index contributed by atoms with van der Waals surface area (Å²) >= 11 is 13.5. The van der Waals surface area contributed by atoms with E-state index in [0.29, 0.717) is 28.3 Å². The molecule has 1 aromatic carbocycles. The molecule has 0 aliphatic rings. The van der Waals surface area contributed by atoms with Crippen molar-refractivity contribution in [1.29, 1.82) is 0 Å². The van der Waals surface area contributed by atoms with Crippen LogP contribution in [0.15, 0.2) is 23.6 Å². The second-order valence-corrected chi connectivity index (χ2v) is 5.96. The smallest absolute Gasteiger partial charge is 0.225 e. The summed E-state index contributed by atoms with van der Waals surface area (Å²) in [5, 5.41) is 6.83. The lowest BCUT2D eigenvalue weighted by atomic mass is 10.3. The normalized spacial score (nSPS) is 10.5. The molecule has 0 fully saturated rings. The van der Waals surface area contributed by atoms with Gasteiger partial charge >= 0.3 is 0 Å². The van der Waals surface area contributed by atoms with Crippen molar-refractivity contribution in [3.63, 3.8) is 0 Å². The molecular formula is C14H15Cl2N3OS. The van der Waals surface area contributed by atoms with E-state index in [4.69, 9.17) is 23.2 Å². The summed E-state index contributed by atoms with van der Waals surface area (Å²) in [6.45, 7) is 4.59. The molecule has 1 amide bonds. The Morgan fingerprint density at radius 2 is 2.19 bits per heavy atom. The predicted molar refractivity (Wildman–Crippen MR) is 89.6 cm³/mol. The number of aromatic nitrogens is 1. The Balaban J connectivity index is 2.06. The van der Waals surface area contributed by atoms with Crippen LogP contribution in [0.4, 0.5) is 10.8 Å². The molecule has 0 atom stereocenters. The Bertz CT molecular complexity index is 645. The molecule has 0 bridgehead atoms. The van der Waals surface area contributed by atoms with Gasteiger partial charge in [-0.05, 0) is 19.1 Å². The van der Waals surface area contributed by atoms with Gasteiger partial charge in [0.15, 0.2) is 5.13 Å². The van der Waals surface area contributed by atoms with Crippen molar-refractivity contribution in [3.05, 3.63) is 39.3 Å². The molecule has 0 unspecified atom stereocenters. The molecule has 0 saturated carbocycles. The van der Waals surface area contributed by atoms with Crippen LogP contribution in [0.5, 0.6) is 0 Å². The Labute approximate surface area is 137 Å². The highest BCUT2D eigenvalue weighted by Crippen LogP contribution is 2.30. The molecule has 2 rings (SSSR count). The molecule has 1 aromatic heterocycles. The van der Waals surface area contributed by atoms with Crippen LogP contribution in [0.1, 0.15) is 19.5 Å². The lowest BCUT2D eigenvalue weighted by Crippen LogP contribution is -2.27. The molecule has 1 heterocycles. The standard InChI is InChI=1S/C14H15Cl2N3OS/c1-3-19(9(2)20)14-18-10(8-21-14)7-17-12-6-4-5-11(15)13(12)16/h4-6,8,17H,3,7H2,1-2H3. The minimum atomic E-state index is -0.00996. The number of carbonyl (C=O) groups excluding carboxylic acids is 1. The van der Waals surface area contributed by atoms with Crippen LogP contribution in [-0.4, -0.2) is 17.4 Å². The monoisotopic (exact) mass is 343 g/mol. The highest BCUT2D eigenvalue weighted by Gasteiger charge is 2.13. The maximum atomic E-state index is 11.5. The summed E-state index contributed by atoms with van der Waals surface area (Å²) in [6, 6.07) is 5.43. The number of thiazole rings is 1. The summed E-state index contributed by atoms with van der Waals surface area (Å²) in [5.74, 6) is -0.00996. The zero-order chi connectivity index (χ0) is 15.4. The first-order chi connectivity index (χ1) is 10.0. The van der Waals surface area contributed by atoms with E-state index in [2.05, 4.69) is 10.3 Å². The molecule has 1 N–H and O–H groups in total. The average molecular weight is 344 g/mol. The number of benzene rings is 1. The maximum absolute atomic E-state index is 11.5. The van der Waals surface area contributed by atoms with Crippen molar-refractivity contribution in [3.8, 4) is 0 Å². The minimum Gasteiger partial charge on any atom is -0.378 e. The van der Waals surface area contributed by atoms with Crippen LogP contribution in [0.25, 0.3) is 0 Å². The molecule has 0 aliphatic carbocycles. The van der Waals surface area contributed by atoms with Crippen molar-refractivity contribution in [2.45, 2.75) is 20.4 Å². The highest BCUT2D eigenvalue weighted by atomic mass is 35.5. The van der Waals surface area contributed by atoms with Crippen molar-refractivity contribution in [2.24, 2.45) is 0 Å². The van der Waals surface area contributed by atoms with E-state index < -0.39 is 0 Å². The van der Waals surface area contributed by atoms with Crippen LogP contribution < -0.4 is 10.2 Å². The summed E-state index contributed by atoms with van der Waals surface area (Å²) in [4.78, 5) is 17.6. The van der Waals surface area contributed by atoms with E-state index in [-0.39, 0.29) is 5.91 Å². The molecule has 0 radical (unpaired) electrons. The SMILES string of the molecule is CCN(C(C)=O)c1nc(CNc2cccc(Cl)c2Cl)cs1. The van der Waals surface area contributed by atoms with Crippen molar-refractivity contribution in [2.75, 3.05) is 16.8 Å². The van der Waals surface area contributed by atoms with Gasteiger partial charge in [-0.15, -0.1) is 11.3 Å². The van der Waals surface area contributed by atoms with Gasteiger partial charge in [0.1, 0.15) is 0 Å². The van der Waals surface area contributed by atoms with E-state index in [9.17, 15) is 4.79 Å². The van der Waals surface area contributed by atoms with Crippen LogP contribution in [0, 0.1) is 0 Å². The first kappa shape index (κ1) is 16.1. The van der Waals surface area contributed by atoms with Crippen molar-refractivity contribution >= 4 is 51.3 Å². The van der Waals surface area contributed by atoms with E-state index in [1.165, 1.54) is 18.3 Å². The number of rotatable bonds is 5. The third kappa shape index (κ3) is 3.87. The Morgan fingerprint density at radius 1 is 1.43 bits per heavy atom. The zero-order valence-electron chi connectivity index (χ0n) is 11.7. The van der Waals surface area contributed by atoms with Gasteiger partial charge in [-0.25, -0.2) is 4.98 Å². The van der Waals surface area contributed by atoms with Gasteiger partial charge in [0.25, 0.3) is 0 Å². The molecule has 4 nitrogen and oxygen atoms in total. The fourth-order valence-corrected chi connectivity index (χ4v) is 3.12. The minimum absolute atomic E-state index is 0.00996. The Hall–Kier alpha value is -1.30. The van der Waals surface area contributed by atoms with Crippen LogP contribution in [-0.2, 0) is 11.3 Å². The van der Waals surface area contributed by atoms with E-state index >= 15 is 0 Å². The van der Waals surface area contributed by atoms with Gasteiger partial charge < -0.3 is 5.32 Å². The van der Waals surface area contributed by atoms with Gasteiger partial charge in [0, 0.05) is 18.8 Å². The number of amides is 1. The van der Waals surface area contributed by atoms with Gasteiger partial charge in [-0.2, -0.15) is 0 Å². The number of hydrogen-bond donors (Lipinski definition) is 1. The Kier molecular flexibility index (Phi) is 5.45. The average Bonchev–Trinajstić information content (AvgIpc) is 2.89. The molecule has 0 aliphatic heterocycles. The fraction of sp³-hybridized carbons (Fsp3) is 0.286. The third-order valence-electron chi connectivity index (χ3n) is 2.88. The number of nitrogens with one attached hydrogen (secondary N) is 1. The predicted octanol–water partition coefficient (Wildman–Crippen LogP) is 4.43. The second kappa shape index (κ2) is 7.11. The molecule has 21 heavy (non-hydrogen) atoms. The number of nitrogens with zero attached hydrogens (tertiary/aromatic N) is 2. The zero-order valence-corrected chi connectivity index (χ0v) is 14.0.